The molecule has 0 amide bonds. The molecule has 2 aromatic rings. The van der Waals surface area contributed by atoms with Gasteiger partial charge in [0.1, 0.15) is 5.75 Å². The number of aromatic nitrogens is 1. The van der Waals surface area contributed by atoms with Gasteiger partial charge in [-0.1, -0.05) is 36.4 Å². The van der Waals surface area contributed by atoms with Crippen molar-refractivity contribution in [3.8, 4) is 5.75 Å². The predicted molar refractivity (Wildman–Crippen MR) is 104 cm³/mol. The molecule has 0 spiro atoms. The summed E-state index contributed by atoms with van der Waals surface area (Å²) in [6.07, 6.45) is 8.51. The standard InChI is InChI=1S/C22H25NO5/c24-19-10-5-4-9-18(19)22-17(8-2-1-3-11-20(25)26)15-27-21(28-22)13-16-7-6-12-23-14-16/h1-2,4-7,9-10,12,14,17,21-22,24H,3,8,11,13,15H2,(H,25,26)/b2-1-/t17-,21+,22+/m1/s1. The van der Waals surface area contributed by atoms with Crippen molar-refractivity contribution in [2.45, 2.75) is 38.1 Å². The quantitative estimate of drug-likeness (QED) is 0.673. The molecule has 0 unspecified atom stereocenters. The monoisotopic (exact) mass is 383 g/mol. The fourth-order valence-electron chi connectivity index (χ4n) is 3.29. The first-order valence-electron chi connectivity index (χ1n) is 9.44. The molecule has 6 heteroatoms. The third kappa shape index (κ3) is 5.65. The number of phenols is 1. The van der Waals surface area contributed by atoms with E-state index >= 15 is 0 Å². The molecule has 2 N–H and O–H groups in total. The Balaban J connectivity index is 1.69. The summed E-state index contributed by atoms with van der Waals surface area (Å²) in [4.78, 5) is 14.7. The second-order valence-electron chi connectivity index (χ2n) is 6.84. The largest absolute Gasteiger partial charge is 0.508 e. The topological polar surface area (TPSA) is 88.9 Å². The van der Waals surface area contributed by atoms with Gasteiger partial charge >= 0.3 is 5.97 Å². The van der Waals surface area contributed by atoms with Crippen LogP contribution >= 0.6 is 0 Å². The summed E-state index contributed by atoms with van der Waals surface area (Å²) < 4.78 is 12.1. The first kappa shape index (κ1) is 20.0. The van der Waals surface area contributed by atoms with Gasteiger partial charge in [-0.05, 0) is 30.5 Å². The highest BCUT2D eigenvalue weighted by Gasteiger charge is 2.33. The number of hydrogen-bond acceptors (Lipinski definition) is 5. The van der Waals surface area contributed by atoms with Crippen molar-refractivity contribution in [1.29, 1.82) is 0 Å². The molecule has 1 saturated heterocycles. The number of carboxylic acids is 1. The highest BCUT2D eigenvalue weighted by atomic mass is 16.7. The zero-order chi connectivity index (χ0) is 19.8. The van der Waals surface area contributed by atoms with Gasteiger partial charge in [-0.2, -0.15) is 0 Å². The molecule has 1 aliphatic heterocycles. The molecular formula is C22H25NO5. The number of benzene rings is 1. The van der Waals surface area contributed by atoms with Crippen molar-refractivity contribution in [2.75, 3.05) is 6.61 Å². The normalized spacial score (nSPS) is 22.4. The number of ether oxygens (including phenoxy) is 2. The van der Waals surface area contributed by atoms with E-state index < -0.39 is 12.3 Å². The van der Waals surface area contributed by atoms with Crippen molar-refractivity contribution >= 4 is 5.97 Å². The van der Waals surface area contributed by atoms with Crippen molar-refractivity contribution in [2.24, 2.45) is 5.92 Å². The molecule has 148 valence electrons. The first-order chi connectivity index (χ1) is 13.6. The van der Waals surface area contributed by atoms with E-state index in [4.69, 9.17) is 14.6 Å². The summed E-state index contributed by atoms with van der Waals surface area (Å²) in [5.74, 6) is -0.576. The maximum absolute atomic E-state index is 10.6. The number of hydrogen-bond donors (Lipinski definition) is 2. The average molecular weight is 383 g/mol. The van der Waals surface area contributed by atoms with Crippen molar-refractivity contribution in [3.05, 3.63) is 72.1 Å². The number of para-hydroxylation sites is 1. The van der Waals surface area contributed by atoms with Crippen molar-refractivity contribution in [1.82, 2.24) is 4.98 Å². The Bertz CT molecular complexity index is 793. The second-order valence-corrected chi connectivity index (χ2v) is 6.84. The molecule has 0 saturated carbocycles. The summed E-state index contributed by atoms with van der Waals surface area (Å²) >= 11 is 0. The fraction of sp³-hybridized carbons (Fsp3) is 0.364. The molecule has 3 atom stereocenters. The molecule has 28 heavy (non-hydrogen) atoms. The molecule has 0 radical (unpaired) electrons. The van der Waals surface area contributed by atoms with Crippen LogP contribution in [0.15, 0.2) is 60.9 Å². The van der Waals surface area contributed by atoms with Gasteiger partial charge in [0.15, 0.2) is 6.29 Å². The SMILES string of the molecule is O=C(O)CC/C=C\C[C@@H]1CO[C@H](Cc2cccnc2)O[C@@H]1c1ccccc1O. The van der Waals surface area contributed by atoms with E-state index in [0.29, 0.717) is 25.9 Å². The van der Waals surface area contributed by atoms with E-state index in [1.54, 1.807) is 24.5 Å². The van der Waals surface area contributed by atoms with Gasteiger partial charge in [-0.3, -0.25) is 9.78 Å². The molecule has 0 bridgehead atoms. The molecule has 3 rings (SSSR count). The van der Waals surface area contributed by atoms with E-state index in [0.717, 1.165) is 11.1 Å². The van der Waals surface area contributed by atoms with Crippen LogP contribution in [0.1, 0.15) is 36.5 Å². The molecule has 1 aliphatic rings. The highest BCUT2D eigenvalue weighted by Crippen LogP contribution is 2.39. The third-order valence-electron chi connectivity index (χ3n) is 4.72. The van der Waals surface area contributed by atoms with Gasteiger partial charge in [0, 0.05) is 36.7 Å². The lowest BCUT2D eigenvalue weighted by Gasteiger charge is -2.37. The third-order valence-corrected chi connectivity index (χ3v) is 4.72. The van der Waals surface area contributed by atoms with Crippen LogP contribution in [-0.4, -0.2) is 34.1 Å². The van der Waals surface area contributed by atoms with Crippen LogP contribution in [0.25, 0.3) is 0 Å². The summed E-state index contributed by atoms with van der Waals surface area (Å²) in [6, 6.07) is 11.0. The Hall–Kier alpha value is -2.70. The van der Waals surface area contributed by atoms with Gasteiger partial charge in [0.05, 0.1) is 12.7 Å². The van der Waals surface area contributed by atoms with Crippen LogP contribution in [0.3, 0.4) is 0 Å². The van der Waals surface area contributed by atoms with E-state index in [1.807, 2.05) is 36.4 Å². The minimum Gasteiger partial charge on any atom is -0.508 e. The zero-order valence-corrected chi connectivity index (χ0v) is 15.6. The van der Waals surface area contributed by atoms with Crippen LogP contribution in [0.4, 0.5) is 0 Å². The van der Waals surface area contributed by atoms with Crippen LogP contribution in [0, 0.1) is 5.92 Å². The first-order valence-corrected chi connectivity index (χ1v) is 9.44. The van der Waals surface area contributed by atoms with E-state index in [-0.39, 0.29) is 24.2 Å². The second kappa shape index (κ2) is 10.0. The Morgan fingerprint density at radius 2 is 2.07 bits per heavy atom. The summed E-state index contributed by atoms with van der Waals surface area (Å²) in [6.45, 7) is 0.493. The highest BCUT2D eigenvalue weighted by molar-refractivity contribution is 5.66. The lowest BCUT2D eigenvalue weighted by molar-refractivity contribution is -0.238. The van der Waals surface area contributed by atoms with Crippen molar-refractivity contribution in [3.63, 3.8) is 0 Å². The number of carbonyl (C=O) groups is 1. The predicted octanol–water partition coefficient (Wildman–Crippen LogP) is 3.87. The number of rotatable bonds is 8. The average Bonchev–Trinajstić information content (AvgIpc) is 2.69. The number of aromatic hydroxyl groups is 1. The number of allylic oxidation sites excluding steroid dienone is 2. The molecule has 6 nitrogen and oxygen atoms in total. The Morgan fingerprint density at radius 1 is 1.21 bits per heavy atom. The van der Waals surface area contributed by atoms with Gasteiger partial charge in [0.2, 0.25) is 0 Å². The Labute approximate surface area is 164 Å². The minimum absolute atomic E-state index is 0.0273. The summed E-state index contributed by atoms with van der Waals surface area (Å²) in [7, 11) is 0. The zero-order valence-electron chi connectivity index (χ0n) is 15.6. The Kier molecular flexibility index (Phi) is 7.17. The van der Waals surface area contributed by atoms with Crippen molar-refractivity contribution < 1.29 is 24.5 Å². The van der Waals surface area contributed by atoms with E-state index in [9.17, 15) is 9.90 Å². The van der Waals surface area contributed by atoms with Gasteiger partial charge in [-0.15, -0.1) is 0 Å². The van der Waals surface area contributed by atoms with Gasteiger partial charge in [-0.25, -0.2) is 0 Å². The smallest absolute Gasteiger partial charge is 0.303 e. The molecule has 0 aliphatic carbocycles. The van der Waals surface area contributed by atoms with E-state index in [1.165, 1.54) is 0 Å². The lowest BCUT2D eigenvalue weighted by Crippen LogP contribution is -2.36. The van der Waals surface area contributed by atoms with Crippen LogP contribution in [0.5, 0.6) is 5.75 Å². The molecule has 1 fully saturated rings. The summed E-state index contributed by atoms with van der Waals surface area (Å²) in [5, 5.41) is 19.0. The minimum atomic E-state index is -0.806. The van der Waals surface area contributed by atoms with Crippen LogP contribution in [-0.2, 0) is 20.7 Å². The molecule has 1 aromatic heterocycles. The maximum Gasteiger partial charge on any atom is 0.303 e. The summed E-state index contributed by atoms with van der Waals surface area (Å²) in [5.41, 5.74) is 1.77. The molecular weight excluding hydrogens is 358 g/mol. The maximum atomic E-state index is 10.6. The molecule has 1 aromatic carbocycles. The number of phenolic OH excluding ortho intramolecular Hbond substituents is 1. The number of pyridine rings is 1. The Morgan fingerprint density at radius 3 is 2.82 bits per heavy atom. The number of nitrogens with zero attached hydrogens (tertiary/aromatic N) is 1. The van der Waals surface area contributed by atoms with E-state index in [2.05, 4.69) is 4.98 Å². The van der Waals surface area contributed by atoms with Gasteiger partial charge in [0.25, 0.3) is 0 Å². The number of carboxylic acid groups (broad SMARTS) is 1. The number of aliphatic carboxylic acids is 1. The molecule has 2 heterocycles. The van der Waals surface area contributed by atoms with Crippen LogP contribution in [0.2, 0.25) is 0 Å². The van der Waals surface area contributed by atoms with Crippen LogP contribution < -0.4 is 0 Å². The fourth-order valence-corrected chi connectivity index (χ4v) is 3.29. The lowest BCUT2D eigenvalue weighted by atomic mass is 9.91. The van der Waals surface area contributed by atoms with Gasteiger partial charge < -0.3 is 19.7 Å².